The van der Waals surface area contributed by atoms with Gasteiger partial charge in [0.05, 0.1) is 19.8 Å². The van der Waals surface area contributed by atoms with Gasteiger partial charge in [-0.05, 0) is 128 Å². The molecular formula is C68H115O11P. The largest absolute Gasteiger partial charge is 0.472 e. The van der Waals surface area contributed by atoms with Crippen LogP contribution in [0.2, 0.25) is 0 Å². The molecular weight excluding hydrogens is 1020 g/mol. The minimum Gasteiger partial charge on any atom is -0.462 e. The Morgan fingerprint density at radius 1 is 0.362 bits per heavy atom. The van der Waals surface area contributed by atoms with E-state index in [4.69, 9.17) is 23.3 Å². The van der Waals surface area contributed by atoms with Gasteiger partial charge in [-0.2, -0.15) is 0 Å². The first-order valence-electron chi connectivity index (χ1n) is 31.8. The summed E-state index contributed by atoms with van der Waals surface area (Å²) in [7, 11) is -4.77. The predicted octanol–water partition coefficient (Wildman–Crippen LogP) is 19.4. The Hall–Kier alpha value is -3.86. The maximum atomic E-state index is 13.0. The second-order valence-corrected chi connectivity index (χ2v) is 22.3. The molecule has 80 heavy (non-hydrogen) atoms. The summed E-state index contributed by atoms with van der Waals surface area (Å²) < 4.78 is 39.6. The molecule has 0 aliphatic rings. The quantitative estimate of drug-likeness (QED) is 0.0197. The number of aliphatic hydroxyl groups excluding tert-OH is 1. The summed E-state index contributed by atoms with van der Waals surface area (Å²) in [5, 5.41) is 9.85. The molecule has 2 N–H and O–H groups in total. The fourth-order valence-corrected chi connectivity index (χ4v) is 9.11. The fourth-order valence-electron chi connectivity index (χ4n) is 8.33. The topological polar surface area (TPSA) is 155 Å². The number of phosphoric acid groups is 1. The molecule has 458 valence electrons. The van der Waals surface area contributed by atoms with Crippen molar-refractivity contribution < 1.29 is 52.2 Å². The zero-order valence-electron chi connectivity index (χ0n) is 50.8. The van der Waals surface area contributed by atoms with E-state index in [0.717, 1.165) is 141 Å². The maximum Gasteiger partial charge on any atom is 0.472 e. The first kappa shape index (κ1) is 76.1. The van der Waals surface area contributed by atoms with Gasteiger partial charge >= 0.3 is 25.7 Å². The normalized spacial score (nSPS) is 14.0. The summed E-state index contributed by atoms with van der Waals surface area (Å²) >= 11 is 0. The summed E-state index contributed by atoms with van der Waals surface area (Å²) in [6, 6.07) is 0. The molecule has 0 aliphatic carbocycles. The summed E-state index contributed by atoms with van der Waals surface area (Å²) in [6.45, 7) is 4.44. The van der Waals surface area contributed by atoms with Gasteiger partial charge in [0.2, 0.25) is 0 Å². The highest BCUT2D eigenvalue weighted by Crippen LogP contribution is 2.43. The number of unbranched alkanes of at least 4 members (excludes halogenated alkanes) is 23. The van der Waals surface area contributed by atoms with Crippen molar-refractivity contribution in [3.8, 4) is 0 Å². The van der Waals surface area contributed by atoms with E-state index < -0.39 is 57.8 Å². The third-order valence-corrected chi connectivity index (χ3v) is 14.1. The molecule has 0 aromatic rings. The number of rotatable bonds is 58. The highest BCUT2D eigenvalue weighted by atomic mass is 31.2. The number of ether oxygens (including phenoxy) is 3. The molecule has 0 aromatic heterocycles. The Bertz CT molecular complexity index is 1760. The Labute approximate surface area is 488 Å². The summed E-state index contributed by atoms with van der Waals surface area (Å²) in [5.41, 5.74) is 0. The zero-order valence-corrected chi connectivity index (χ0v) is 51.7. The number of phosphoric ester groups is 1. The lowest BCUT2D eigenvalue weighted by Gasteiger charge is -2.21. The second-order valence-electron chi connectivity index (χ2n) is 20.8. The van der Waals surface area contributed by atoms with Crippen molar-refractivity contribution in [1.29, 1.82) is 0 Å². The van der Waals surface area contributed by atoms with Crippen LogP contribution in [0.4, 0.5) is 0 Å². The average molecular weight is 1140 g/mol. The van der Waals surface area contributed by atoms with Crippen molar-refractivity contribution in [2.45, 2.75) is 277 Å². The molecule has 0 spiro atoms. The van der Waals surface area contributed by atoms with Gasteiger partial charge in [-0.3, -0.25) is 23.4 Å². The molecule has 0 rings (SSSR count). The van der Waals surface area contributed by atoms with Crippen LogP contribution in [0.1, 0.15) is 265 Å². The highest BCUT2D eigenvalue weighted by Gasteiger charge is 2.28. The summed E-state index contributed by atoms with van der Waals surface area (Å²) in [6.07, 6.45) is 74.6. The van der Waals surface area contributed by atoms with Crippen molar-refractivity contribution in [2.75, 3.05) is 26.4 Å². The van der Waals surface area contributed by atoms with Crippen molar-refractivity contribution in [1.82, 2.24) is 0 Å². The standard InChI is InChI=1S/C68H115O11P/c1-4-7-10-13-16-19-22-25-28-31-32-35-36-39-42-45-48-51-54-57-66(70)75-61-65(79-68(72)59-56-53-50-47-44-41-38-34-30-27-24-21-18-15-12-9-6-3)63-77-80(73,74)76-62-64(60-69)78-67(71)58-55-52-49-46-43-40-37-33-29-26-23-20-17-14-11-8-5-2/h9,12,16-21,25-30,32,35,38,41,64-65,69H,4-8,10-11,13-15,22-24,31,33-34,36-37,39-40,42-63H2,1-3H3,(H,73,74)/b12-9-,19-16-,20-17-,21-18-,28-25-,29-26-,30-27-,35-32-,41-38-. The fraction of sp³-hybridized carbons (Fsp3) is 0.691. The summed E-state index contributed by atoms with van der Waals surface area (Å²) in [4.78, 5) is 48.7. The number of allylic oxidation sites excluding steroid dienone is 18. The first-order valence-corrected chi connectivity index (χ1v) is 33.3. The minimum atomic E-state index is -4.77. The van der Waals surface area contributed by atoms with Crippen LogP contribution in [0.3, 0.4) is 0 Å². The zero-order chi connectivity index (χ0) is 58.3. The second kappa shape index (κ2) is 61.2. The lowest BCUT2D eigenvalue weighted by atomic mass is 10.1. The van der Waals surface area contributed by atoms with Gasteiger partial charge in [0.25, 0.3) is 0 Å². The Kier molecular flexibility index (Phi) is 58.3. The molecule has 0 fully saturated rings. The number of carbonyl (C=O) groups excluding carboxylic acids is 3. The number of aliphatic hydroxyl groups is 1. The van der Waals surface area contributed by atoms with Crippen LogP contribution in [0, 0.1) is 0 Å². The van der Waals surface area contributed by atoms with Gasteiger partial charge in [0.15, 0.2) is 6.10 Å². The van der Waals surface area contributed by atoms with Crippen molar-refractivity contribution >= 4 is 25.7 Å². The molecule has 3 atom stereocenters. The Balaban J connectivity index is 4.77. The van der Waals surface area contributed by atoms with Crippen molar-refractivity contribution in [2.24, 2.45) is 0 Å². The molecule has 0 saturated heterocycles. The molecule has 0 heterocycles. The highest BCUT2D eigenvalue weighted by molar-refractivity contribution is 7.47. The first-order chi connectivity index (χ1) is 39.2. The third-order valence-electron chi connectivity index (χ3n) is 13.1. The van der Waals surface area contributed by atoms with Crippen molar-refractivity contribution in [3.63, 3.8) is 0 Å². The lowest BCUT2D eigenvalue weighted by molar-refractivity contribution is -0.161. The van der Waals surface area contributed by atoms with E-state index in [1.54, 1.807) is 0 Å². The van der Waals surface area contributed by atoms with Gasteiger partial charge in [-0.1, -0.05) is 226 Å². The van der Waals surface area contributed by atoms with E-state index in [1.165, 1.54) is 64.2 Å². The van der Waals surface area contributed by atoms with Crippen LogP contribution in [0.15, 0.2) is 109 Å². The van der Waals surface area contributed by atoms with Crippen LogP contribution in [-0.4, -0.2) is 66.5 Å². The molecule has 11 nitrogen and oxygen atoms in total. The van der Waals surface area contributed by atoms with Gasteiger partial charge < -0.3 is 24.2 Å². The monoisotopic (exact) mass is 1140 g/mol. The van der Waals surface area contributed by atoms with Crippen LogP contribution in [0.25, 0.3) is 0 Å². The molecule has 0 aromatic carbocycles. The maximum absolute atomic E-state index is 13.0. The van der Waals surface area contributed by atoms with Gasteiger partial charge in [-0.15, -0.1) is 0 Å². The number of carbonyl (C=O) groups is 3. The molecule has 0 radical (unpaired) electrons. The lowest BCUT2D eigenvalue weighted by Crippen LogP contribution is -2.30. The SMILES string of the molecule is CC/C=C\C/C=C\C/C=C\C/C=C\CCCCCCC(=O)OC(COC(=O)CCCCCCCC/C=C\C/C=C\C/C=C\CCCCC)COP(=O)(O)OCC(CO)OC(=O)CCCCCCCCC/C=C\C/C=C\CCCCC. The molecule has 0 amide bonds. The Morgan fingerprint density at radius 3 is 1.00 bits per heavy atom. The minimum absolute atomic E-state index is 0.131. The predicted molar refractivity (Wildman–Crippen MR) is 334 cm³/mol. The number of esters is 3. The average Bonchev–Trinajstić information content (AvgIpc) is 3.45. The molecule has 0 aliphatic heterocycles. The van der Waals surface area contributed by atoms with Crippen LogP contribution < -0.4 is 0 Å². The molecule has 12 heteroatoms. The molecule has 0 bridgehead atoms. The van der Waals surface area contributed by atoms with Crippen LogP contribution in [0.5, 0.6) is 0 Å². The van der Waals surface area contributed by atoms with Crippen LogP contribution >= 0.6 is 7.82 Å². The third kappa shape index (κ3) is 58.8. The van der Waals surface area contributed by atoms with E-state index in [9.17, 15) is 28.9 Å². The van der Waals surface area contributed by atoms with E-state index in [0.29, 0.717) is 19.3 Å². The molecule has 3 unspecified atom stereocenters. The van der Waals surface area contributed by atoms with Gasteiger partial charge in [0, 0.05) is 19.3 Å². The van der Waals surface area contributed by atoms with Crippen molar-refractivity contribution in [3.05, 3.63) is 109 Å². The van der Waals surface area contributed by atoms with Gasteiger partial charge in [0.1, 0.15) is 12.7 Å². The van der Waals surface area contributed by atoms with Gasteiger partial charge in [-0.25, -0.2) is 4.57 Å². The van der Waals surface area contributed by atoms with E-state index in [-0.39, 0.29) is 25.9 Å². The number of hydrogen-bond acceptors (Lipinski definition) is 10. The van der Waals surface area contributed by atoms with E-state index in [2.05, 4.69) is 130 Å². The molecule has 0 saturated carbocycles. The number of hydrogen-bond donors (Lipinski definition) is 2. The van der Waals surface area contributed by atoms with Crippen LogP contribution in [-0.2, 0) is 42.2 Å². The smallest absolute Gasteiger partial charge is 0.462 e. The van der Waals surface area contributed by atoms with E-state index >= 15 is 0 Å². The Morgan fingerprint density at radius 2 is 0.650 bits per heavy atom. The summed E-state index contributed by atoms with van der Waals surface area (Å²) in [5.74, 6) is -1.52. The van der Waals surface area contributed by atoms with E-state index in [1.807, 2.05) is 0 Å².